The van der Waals surface area contributed by atoms with Gasteiger partial charge in [0.2, 0.25) is 0 Å². The first-order valence-electron chi connectivity index (χ1n) is 7.45. The third-order valence-electron chi connectivity index (χ3n) is 4.23. The first-order chi connectivity index (χ1) is 10.9. The zero-order chi connectivity index (χ0) is 16.9. The molecule has 126 valence electrons. The predicted molar refractivity (Wildman–Crippen MR) is 81.1 cm³/mol. The molecule has 1 aliphatic rings. The van der Waals surface area contributed by atoms with Crippen LogP contribution in [0.25, 0.3) is 0 Å². The molecule has 0 bridgehead atoms. The fourth-order valence-electron chi connectivity index (χ4n) is 2.91. The summed E-state index contributed by atoms with van der Waals surface area (Å²) in [4.78, 5) is 0. The largest absolute Gasteiger partial charge is 0.417 e. The number of nitrogens with one attached hydrogen (secondary N) is 2. The molecular weight excluding hydrogens is 307 g/mol. The van der Waals surface area contributed by atoms with E-state index in [1.807, 2.05) is 0 Å². The number of piperidine rings is 1. The summed E-state index contributed by atoms with van der Waals surface area (Å²) in [6.07, 6.45) is -2.74. The number of nitriles is 1. The van der Waals surface area contributed by atoms with Crippen LogP contribution in [-0.2, 0) is 10.9 Å². The monoisotopic (exact) mass is 327 g/mol. The molecule has 0 radical (unpaired) electrons. The van der Waals surface area contributed by atoms with Gasteiger partial charge in [0.1, 0.15) is 0 Å². The summed E-state index contributed by atoms with van der Waals surface area (Å²) >= 11 is 0. The Labute approximate surface area is 133 Å². The van der Waals surface area contributed by atoms with Crippen LogP contribution < -0.4 is 10.6 Å². The van der Waals surface area contributed by atoms with Gasteiger partial charge in [-0.2, -0.15) is 18.4 Å². The van der Waals surface area contributed by atoms with Crippen molar-refractivity contribution in [3.05, 3.63) is 29.3 Å². The van der Waals surface area contributed by atoms with Crippen LogP contribution >= 0.6 is 0 Å². The Hall–Kier alpha value is -1.78. The Kier molecular flexibility index (Phi) is 5.50. The van der Waals surface area contributed by atoms with Crippen molar-refractivity contribution in [1.29, 1.82) is 5.26 Å². The van der Waals surface area contributed by atoms with E-state index in [0.717, 1.165) is 32.0 Å². The number of nitrogens with zero attached hydrogens (tertiary/aromatic N) is 1. The quantitative estimate of drug-likeness (QED) is 0.873. The second kappa shape index (κ2) is 7.20. The lowest BCUT2D eigenvalue weighted by molar-refractivity contribution is -0.137. The van der Waals surface area contributed by atoms with Crippen molar-refractivity contribution in [2.75, 3.05) is 38.7 Å². The molecule has 2 rings (SSSR count). The van der Waals surface area contributed by atoms with Crippen LogP contribution in [0, 0.1) is 16.7 Å². The molecule has 0 saturated carbocycles. The first-order valence-corrected chi connectivity index (χ1v) is 7.45. The molecule has 0 amide bonds. The molecule has 1 heterocycles. The number of rotatable bonds is 5. The first kappa shape index (κ1) is 17.6. The highest BCUT2D eigenvalue weighted by atomic mass is 19.4. The number of hydrogen-bond donors (Lipinski definition) is 2. The highest BCUT2D eigenvalue weighted by Gasteiger charge is 2.35. The Bertz CT molecular complexity index is 569. The van der Waals surface area contributed by atoms with Gasteiger partial charge in [-0.3, -0.25) is 0 Å². The Morgan fingerprint density at radius 3 is 2.61 bits per heavy atom. The minimum absolute atomic E-state index is 0.0910. The van der Waals surface area contributed by atoms with E-state index < -0.39 is 11.7 Å². The molecule has 0 spiro atoms. The molecule has 1 aromatic rings. The van der Waals surface area contributed by atoms with E-state index in [-0.39, 0.29) is 11.0 Å². The van der Waals surface area contributed by atoms with Crippen LogP contribution in [0.1, 0.15) is 24.0 Å². The summed E-state index contributed by atoms with van der Waals surface area (Å²) in [5, 5.41) is 15.2. The third kappa shape index (κ3) is 4.36. The molecule has 2 N–H and O–H groups in total. The van der Waals surface area contributed by atoms with Gasteiger partial charge < -0.3 is 15.4 Å². The smallest absolute Gasteiger partial charge is 0.384 e. The molecule has 1 aliphatic heterocycles. The van der Waals surface area contributed by atoms with Gasteiger partial charge in [-0.05, 0) is 44.1 Å². The molecule has 7 heteroatoms. The molecular formula is C16H20F3N3O. The molecule has 1 fully saturated rings. The maximum atomic E-state index is 13.0. The van der Waals surface area contributed by atoms with Crippen molar-refractivity contribution < 1.29 is 17.9 Å². The number of hydrogen-bond acceptors (Lipinski definition) is 4. The maximum absolute atomic E-state index is 13.0. The standard InChI is InChI=1S/C16H20F3N3O/c1-23-11-15(4-6-21-7-5-15)10-22-13-3-2-12(9-20)14(8-13)16(17,18)19/h2-3,8,21-22H,4-7,10-11H2,1H3. The molecule has 0 aliphatic carbocycles. The minimum atomic E-state index is -4.54. The lowest BCUT2D eigenvalue weighted by Crippen LogP contribution is -2.44. The molecule has 1 saturated heterocycles. The SMILES string of the molecule is COCC1(CNc2ccc(C#N)c(C(F)(F)F)c2)CCNCC1. The summed E-state index contributed by atoms with van der Waals surface area (Å²) in [5.74, 6) is 0. The van der Waals surface area contributed by atoms with Crippen molar-refractivity contribution in [3.8, 4) is 6.07 Å². The molecule has 23 heavy (non-hydrogen) atoms. The molecule has 4 nitrogen and oxygen atoms in total. The van der Waals surface area contributed by atoms with Crippen molar-refractivity contribution >= 4 is 5.69 Å². The van der Waals surface area contributed by atoms with Crippen LogP contribution in [-0.4, -0.2) is 33.4 Å². The van der Waals surface area contributed by atoms with E-state index in [9.17, 15) is 13.2 Å². The maximum Gasteiger partial charge on any atom is 0.417 e. The average Bonchev–Trinajstić information content (AvgIpc) is 2.53. The van der Waals surface area contributed by atoms with E-state index in [4.69, 9.17) is 10.00 Å². The van der Waals surface area contributed by atoms with Gasteiger partial charge in [0.25, 0.3) is 0 Å². The lowest BCUT2D eigenvalue weighted by Gasteiger charge is -2.37. The van der Waals surface area contributed by atoms with Gasteiger partial charge in [-0.15, -0.1) is 0 Å². The van der Waals surface area contributed by atoms with Crippen LogP contribution in [0.5, 0.6) is 0 Å². The number of alkyl halides is 3. The second-order valence-corrected chi connectivity index (χ2v) is 5.91. The average molecular weight is 327 g/mol. The van der Waals surface area contributed by atoms with Gasteiger partial charge in [-0.25, -0.2) is 0 Å². The van der Waals surface area contributed by atoms with Crippen LogP contribution in [0.2, 0.25) is 0 Å². The topological polar surface area (TPSA) is 57.1 Å². The van der Waals surface area contributed by atoms with E-state index in [2.05, 4.69) is 10.6 Å². The second-order valence-electron chi connectivity index (χ2n) is 5.91. The fraction of sp³-hybridized carbons (Fsp3) is 0.562. The third-order valence-corrected chi connectivity index (χ3v) is 4.23. The van der Waals surface area contributed by atoms with E-state index in [1.165, 1.54) is 12.1 Å². The van der Waals surface area contributed by atoms with Gasteiger partial charge in [0.05, 0.1) is 23.8 Å². The van der Waals surface area contributed by atoms with Gasteiger partial charge in [0, 0.05) is 24.8 Å². The summed E-state index contributed by atoms with van der Waals surface area (Å²) in [7, 11) is 1.63. The summed E-state index contributed by atoms with van der Waals surface area (Å²) in [6, 6.07) is 5.30. The number of ether oxygens (including phenoxy) is 1. The van der Waals surface area contributed by atoms with Crippen LogP contribution in [0.4, 0.5) is 18.9 Å². The minimum Gasteiger partial charge on any atom is -0.384 e. The van der Waals surface area contributed by atoms with Gasteiger partial charge >= 0.3 is 6.18 Å². The Balaban J connectivity index is 2.15. The van der Waals surface area contributed by atoms with E-state index >= 15 is 0 Å². The van der Waals surface area contributed by atoms with Gasteiger partial charge in [0.15, 0.2) is 0 Å². The Morgan fingerprint density at radius 1 is 1.35 bits per heavy atom. The molecule has 0 aromatic heterocycles. The normalized spacial score (nSPS) is 17.5. The van der Waals surface area contributed by atoms with Crippen molar-refractivity contribution in [2.45, 2.75) is 19.0 Å². The number of halogens is 3. The Morgan fingerprint density at radius 2 is 2.04 bits per heavy atom. The zero-order valence-electron chi connectivity index (χ0n) is 13.0. The predicted octanol–water partition coefficient (Wildman–Crippen LogP) is 3.01. The summed E-state index contributed by atoms with van der Waals surface area (Å²) in [6.45, 7) is 2.83. The zero-order valence-corrected chi connectivity index (χ0v) is 13.0. The highest BCUT2D eigenvalue weighted by molar-refractivity contribution is 5.53. The molecule has 1 aromatic carbocycles. The van der Waals surface area contributed by atoms with Crippen molar-refractivity contribution in [2.24, 2.45) is 5.41 Å². The van der Waals surface area contributed by atoms with Crippen LogP contribution in [0.15, 0.2) is 18.2 Å². The van der Waals surface area contributed by atoms with E-state index in [0.29, 0.717) is 18.8 Å². The fourth-order valence-corrected chi connectivity index (χ4v) is 2.91. The van der Waals surface area contributed by atoms with Gasteiger partial charge in [-0.1, -0.05) is 0 Å². The van der Waals surface area contributed by atoms with E-state index in [1.54, 1.807) is 13.2 Å². The highest BCUT2D eigenvalue weighted by Crippen LogP contribution is 2.34. The summed E-state index contributed by atoms with van der Waals surface area (Å²) < 4.78 is 44.3. The van der Waals surface area contributed by atoms with Crippen LogP contribution in [0.3, 0.4) is 0 Å². The number of benzene rings is 1. The lowest BCUT2D eigenvalue weighted by atomic mass is 9.79. The number of anilines is 1. The van der Waals surface area contributed by atoms with Crippen molar-refractivity contribution in [1.82, 2.24) is 5.32 Å². The number of methoxy groups -OCH3 is 1. The molecule has 0 unspecified atom stereocenters. The molecule has 0 atom stereocenters. The summed E-state index contributed by atoms with van der Waals surface area (Å²) in [5.41, 5.74) is -0.996. The van der Waals surface area contributed by atoms with Crippen molar-refractivity contribution in [3.63, 3.8) is 0 Å².